The molecule has 2 rings (SSSR count). The molecule has 0 aliphatic carbocycles. The molecular weight excluding hydrogens is 232 g/mol. The number of aliphatic carboxylic acids is 1. The number of nitrogens with zero attached hydrogens (tertiary/aromatic N) is 1. The average Bonchev–Trinajstić information content (AvgIpc) is 2.76. The fraction of sp³-hybridized carbons (Fsp3) is 0.385. The SMILES string of the molecule is CC(Cc1ccc(N2CCC(=O)N2)cc1)C(=O)O. The highest BCUT2D eigenvalue weighted by Crippen LogP contribution is 2.18. The van der Waals surface area contributed by atoms with Crippen molar-refractivity contribution in [2.75, 3.05) is 11.6 Å². The van der Waals surface area contributed by atoms with Crippen molar-refractivity contribution in [3.8, 4) is 0 Å². The molecule has 0 radical (unpaired) electrons. The molecule has 1 aliphatic heterocycles. The zero-order valence-electron chi connectivity index (χ0n) is 10.2. The van der Waals surface area contributed by atoms with Gasteiger partial charge in [0.15, 0.2) is 0 Å². The second-order valence-electron chi connectivity index (χ2n) is 4.55. The van der Waals surface area contributed by atoms with Crippen LogP contribution in [0, 0.1) is 5.92 Å². The highest BCUT2D eigenvalue weighted by Gasteiger charge is 2.18. The van der Waals surface area contributed by atoms with Gasteiger partial charge in [-0.2, -0.15) is 0 Å². The van der Waals surface area contributed by atoms with E-state index in [9.17, 15) is 9.59 Å². The molecule has 1 saturated heterocycles. The summed E-state index contributed by atoms with van der Waals surface area (Å²) in [4.78, 5) is 21.9. The van der Waals surface area contributed by atoms with E-state index in [1.165, 1.54) is 0 Å². The lowest BCUT2D eigenvalue weighted by atomic mass is 10.0. The van der Waals surface area contributed by atoms with Gasteiger partial charge in [0, 0.05) is 13.0 Å². The molecule has 96 valence electrons. The second kappa shape index (κ2) is 5.08. The summed E-state index contributed by atoms with van der Waals surface area (Å²) in [6.45, 7) is 2.36. The second-order valence-corrected chi connectivity index (χ2v) is 4.55. The number of anilines is 1. The van der Waals surface area contributed by atoms with Gasteiger partial charge in [0.05, 0.1) is 11.6 Å². The van der Waals surface area contributed by atoms with Gasteiger partial charge in [-0.25, -0.2) is 0 Å². The number of benzene rings is 1. The third kappa shape index (κ3) is 2.80. The topological polar surface area (TPSA) is 69.6 Å². The maximum Gasteiger partial charge on any atom is 0.306 e. The predicted octanol–water partition coefficient (Wildman–Crippen LogP) is 1.19. The van der Waals surface area contributed by atoms with Gasteiger partial charge < -0.3 is 5.11 Å². The Bertz CT molecular complexity index is 456. The third-order valence-corrected chi connectivity index (χ3v) is 3.03. The lowest BCUT2D eigenvalue weighted by Gasteiger charge is -2.17. The number of nitrogens with one attached hydrogen (secondary N) is 1. The summed E-state index contributed by atoms with van der Waals surface area (Å²) in [6, 6.07) is 7.60. The smallest absolute Gasteiger partial charge is 0.306 e. The molecule has 1 aromatic carbocycles. The van der Waals surface area contributed by atoms with Crippen molar-refractivity contribution < 1.29 is 14.7 Å². The maximum absolute atomic E-state index is 11.1. The van der Waals surface area contributed by atoms with Crippen LogP contribution >= 0.6 is 0 Å². The Kier molecular flexibility index (Phi) is 3.50. The van der Waals surface area contributed by atoms with Crippen molar-refractivity contribution in [2.45, 2.75) is 19.8 Å². The van der Waals surface area contributed by atoms with Crippen LogP contribution < -0.4 is 10.4 Å². The van der Waals surface area contributed by atoms with Crippen LogP contribution in [0.25, 0.3) is 0 Å². The summed E-state index contributed by atoms with van der Waals surface area (Å²) in [6.07, 6.45) is 1.03. The summed E-state index contributed by atoms with van der Waals surface area (Å²) in [7, 11) is 0. The van der Waals surface area contributed by atoms with Gasteiger partial charge >= 0.3 is 5.97 Å². The Labute approximate surface area is 105 Å². The molecule has 5 nitrogen and oxygen atoms in total. The summed E-state index contributed by atoms with van der Waals surface area (Å²) < 4.78 is 0. The summed E-state index contributed by atoms with van der Waals surface area (Å²) >= 11 is 0. The minimum absolute atomic E-state index is 0.0265. The molecule has 1 fully saturated rings. The van der Waals surface area contributed by atoms with Gasteiger partial charge in [-0.1, -0.05) is 19.1 Å². The molecule has 18 heavy (non-hydrogen) atoms. The van der Waals surface area contributed by atoms with Crippen molar-refractivity contribution in [3.05, 3.63) is 29.8 Å². The van der Waals surface area contributed by atoms with E-state index in [0.717, 1.165) is 11.3 Å². The predicted molar refractivity (Wildman–Crippen MR) is 67.1 cm³/mol. The lowest BCUT2D eigenvalue weighted by molar-refractivity contribution is -0.141. The van der Waals surface area contributed by atoms with E-state index in [-0.39, 0.29) is 11.8 Å². The van der Waals surface area contributed by atoms with Gasteiger partial charge in [0.25, 0.3) is 0 Å². The van der Waals surface area contributed by atoms with E-state index in [2.05, 4.69) is 5.43 Å². The fourth-order valence-electron chi connectivity index (χ4n) is 1.92. The van der Waals surface area contributed by atoms with Crippen LogP contribution in [0.3, 0.4) is 0 Å². The molecule has 1 amide bonds. The first-order chi connectivity index (χ1) is 8.56. The van der Waals surface area contributed by atoms with Gasteiger partial charge in [-0.05, 0) is 24.1 Å². The van der Waals surface area contributed by atoms with Gasteiger partial charge in [0.1, 0.15) is 0 Å². The van der Waals surface area contributed by atoms with Crippen LogP contribution in [0.1, 0.15) is 18.9 Å². The highest BCUT2D eigenvalue weighted by molar-refractivity contribution is 5.81. The Balaban J connectivity index is 2.01. The standard InChI is InChI=1S/C13H16N2O3/c1-9(13(17)18)8-10-2-4-11(5-3-10)15-7-6-12(16)14-15/h2-5,9H,6-8H2,1H3,(H,14,16)(H,17,18). The molecule has 5 heteroatoms. The van der Waals surface area contributed by atoms with Crippen LogP contribution in [0.5, 0.6) is 0 Å². The van der Waals surface area contributed by atoms with Gasteiger partial charge in [-0.3, -0.25) is 20.0 Å². The Morgan fingerprint density at radius 2 is 2.11 bits per heavy atom. The summed E-state index contributed by atoms with van der Waals surface area (Å²) in [5, 5.41) is 10.6. The van der Waals surface area contributed by atoms with E-state index in [0.29, 0.717) is 19.4 Å². The highest BCUT2D eigenvalue weighted by atomic mass is 16.4. The third-order valence-electron chi connectivity index (χ3n) is 3.03. The van der Waals surface area contributed by atoms with Crippen molar-refractivity contribution in [3.63, 3.8) is 0 Å². The monoisotopic (exact) mass is 248 g/mol. The van der Waals surface area contributed by atoms with E-state index >= 15 is 0 Å². The normalized spacial score (nSPS) is 16.5. The van der Waals surface area contributed by atoms with Gasteiger partial charge in [-0.15, -0.1) is 0 Å². The minimum Gasteiger partial charge on any atom is -0.481 e. The Morgan fingerprint density at radius 3 is 2.61 bits per heavy atom. The first-order valence-corrected chi connectivity index (χ1v) is 5.95. The Morgan fingerprint density at radius 1 is 1.44 bits per heavy atom. The number of hydrazine groups is 1. The maximum atomic E-state index is 11.1. The van der Waals surface area contributed by atoms with E-state index in [1.807, 2.05) is 24.3 Å². The van der Waals surface area contributed by atoms with Crippen LogP contribution in [0.2, 0.25) is 0 Å². The number of carbonyl (C=O) groups is 2. The molecule has 1 atom stereocenters. The molecule has 0 bridgehead atoms. The number of carbonyl (C=O) groups excluding carboxylic acids is 1. The molecule has 0 aromatic heterocycles. The van der Waals surface area contributed by atoms with Crippen molar-refractivity contribution in [1.29, 1.82) is 0 Å². The van der Waals surface area contributed by atoms with Crippen molar-refractivity contribution in [2.24, 2.45) is 5.92 Å². The van der Waals surface area contributed by atoms with Crippen molar-refractivity contribution >= 4 is 17.6 Å². The number of amides is 1. The van der Waals surface area contributed by atoms with E-state index in [1.54, 1.807) is 11.9 Å². The summed E-state index contributed by atoms with van der Waals surface area (Å²) in [5.74, 6) is -1.15. The number of carboxylic acid groups (broad SMARTS) is 1. The number of carboxylic acids is 1. The molecule has 0 spiro atoms. The number of hydrogen-bond donors (Lipinski definition) is 2. The molecule has 2 N–H and O–H groups in total. The van der Waals surface area contributed by atoms with E-state index in [4.69, 9.17) is 5.11 Å². The minimum atomic E-state index is -0.786. The molecular formula is C13H16N2O3. The molecule has 1 unspecified atom stereocenters. The summed E-state index contributed by atoms with van der Waals surface area (Å²) in [5.41, 5.74) is 4.66. The molecule has 1 aliphatic rings. The fourth-order valence-corrected chi connectivity index (χ4v) is 1.92. The average molecular weight is 248 g/mol. The molecule has 1 aromatic rings. The van der Waals surface area contributed by atoms with Crippen LogP contribution in [-0.4, -0.2) is 23.5 Å². The van der Waals surface area contributed by atoms with Gasteiger partial charge in [0.2, 0.25) is 5.91 Å². The quantitative estimate of drug-likeness (QED) is 0.839. The van der Waals surface area contributed by atoms with Crippen LogP contribution in [0.4, 0.5) is 5.69 Å². The first kappa shape index (κ1) is 12.4. The van der Waals surface area contributed by atoms with Crippen LogP contribution in [0.15, 0.2) is 24.3 Å². The number of hydrogen-bond acceptors (Lipinski definition) is 3. The van der Waals surface area contributed by atoms with Crippen molar-refractivity contribution in [1.82, 2.24) is 5.43 Å². The number of rotatable bonds is 4. The largest absolute Gasteiger partial charge is 0.481 e. The Hall–Kier alpha value is -2.04. The lowest BCUT2D eigenvalue weighted by Crippen LogP contribution is -2.32. The zero-order chi connectivity index (χ0) is 13.1. The molecule has 1 heterocycles. The van der Waals surface area contributed by atoms with Crippen LogP contribution in [-0.2, 0) is 16.0 Å². The zero-order valence-corrected chi connectivity index (χ0v) is 10.2. The molecule has 0 saturated carbocycles. The van der Waals surface area contributed by atoms with E-state index < -0.39 is 5.97 Å². The first-order valence-electron chi connectivity index (χ1n) is 5.95.